The summed E-state index contributed by atoms with van der Waals surface area (Å²) in [7, 11) is 0. The molecule has 7 nitrogen and oxygen atoms in total. The van der Waals surface area contributed by atoms with E-state index in [-0.39, 0.29) is 18.1 Å². The molecule has 0 bridgehead atoms. The maximum absolute atomic E-state index is 12.1. The first-order chi connectivity index (χ1) is 13.6. The summed E-state index contributed by atoms with van der Waals surface area (Å²) in [5.41, 5.74) is 1.69. The summed E-state index contributed by atoms with van der Waals surface area (Å²) in [6.45, 7) is -2.41. The normalized spacial score (nSPS) is 10.8. The number of rotatable bonds is 9. The van der Waals surface area contributed by atoms with Gasteiger partial charge in [-0.15, -0.1) is 0 Å². The van der Waals surface area contributed by atoms with Crippen molar-refractivity contribution in [2.75, 3.05) is 6.54 Å². The molecule has 1 aromatic carbocycles. The zero-order valence-corrected chi connectivity index (χ0v) is 14.8. The molecule has 1 N–H and O–H groups in total. The molecule has 0 radical (unpaired) electrons. The molecule has 0 aliphatic carbocycles. The van der Waals surface area contributed by atoms with E-state index in [2.05, 4.69) is 25.2 Å². The average Bonchev–Trinajstić information content (AvgIpc) is 3.17. The first-order valence-corrected chi connectivity index (χ1v) is 8.63. The van der Waals surface area contributed by atoms with Crippen LogP contribution in [0.3, 0.4) is 0 Å². The van der Waals surface area contributed by atoms with Crippen molar-refractivity contribution in [1.82, 2.24) is 20.4 Å². The Balaban J connectivity index is 1.38. The van der Waals surface area contributed by atoms with Crippen LogP contribution in [0.15, 0.2) is 53.3 Å². The molecule has 2 heterocycles. The molecule has 0 saturated heterocycles. The zero-order valence-electron chi connectivity index (χ0n) is 14.8. The fourth-order valence-electron chi connectivity index (χ4n) is 2.47. The first-order valence-electron chi connectivity index (χ1n) is 8.63. The minimum atomic E-state index is -2.84. The molecular formula is C19H18F2N4O3. The lowest BCUT2D eigenvalue weighted by Gasteiger charge is -2.07. The Morgan fingerprint density at radius 3 is 2.57 bits per heavy atom. The van der Waals surface area contributed by atoms with Gasteiger partial charge in [0.15, 0.2) is 0 Å². The van der Waals surface area contributed by atoms with Crippen LogP contribution in [-0.4, -0.2) is 34.2 Å². The Morgan fingerprint density at radius 2 is 1.86 bits per heavy atom. The van der Waals surface area contributed by atoms with Crippen LogP contribution in [0.5, 0.6) is 5.75 Å². The van der Waals surface area contributed by atoms with Crippen molar-refractivity contribution in [2.24, 2.45) is 0 Å². The second-order valence-electron chi connectivity index (χ2n) is 5.87. The molecule has 0 aliphatic rings. The maximum Gasteiger partial charge on any atom is 0.387 e. The molecule has 9 heteroatoms. The van der Waals surface area contributed by atoms with Gasteiger partial charge in [0, 0.05) is 37.3 Å². The second-order valence-corrected chi connectivity index (χ2v) is 5.87. The summed E-state index contributed by atoms with van der Waals surface area (Å²) in [5.74, 6) is 0.809. The largest absolute Gasteiger partial charge is 0.435 e. The zero-order chi connectivity index (χ0) is 19.8. The molecule has 0 fully saturated rings. The van der Waals surface area contributed by atoms with Gasteiger partial charge in [0.05, 0.1) is 0 Å². The van der Waals surface area contributed by atoms with Gasteiger partial charge in [-0.05, 0) is 36.2 Å². The van der Waals surface area contributed by atoms with Crippen LogP contribution in [0.4, 0.5) is 8.78 Å². The number of alkyl halides is 2. The van der Waals surface area contributed by atoms with E-state index in [1.165, 1.54) is 12.1 Å². The van der Waals surface area contributed by atoms with Crippen LogP contribution < -0.4 is 10.1 Å². The van der Waals surface area contributed by atoms with E-state index >= 15 is 0 Å². The first kappa shape index (κ1) is 19.4. The Kier molecular flexibility index (Phi) is 6.61. The van der Waals surface area contributed by atoms with Crippen molar-refractivity contribution in [1.29, 1.82) is 0 Å². The molecule has 3 aromatic rings. The van der Waals surface area contributed by atoms with Gasteiger partial charge in [0.25, 0.3) is 0 Å². The number of nitrogens with one attached hydrogen (secondary N) is 1. The number of amides is 1. The van der Waals surface area contributed by atoms with Crippen LogP contribution in [0.2, 0.25) is 0 Å². The molecule has 3 rings (SSSR count). The smallest absolute Gasteiger partial charge is 0.387 e. The van der Waals surface area contributed by atoms with E-state index in [1.54, 1.807) is 36.7 Å². The summed E-state index contributed by atoms with van der Waals surface area (Å²) >= 11 is 0. The van der Waals surface area contributed by atoms with Gasteiger partial charge in [-0.2, -0.15) is 13.8 Å². The molecule has 1 amide bonds. The topological polar surface area (TPSA) is 90.1 Å². The van der Waals surface area contributed by atoms with Crippen molar-refractivity contribution >= 4 is 5.91 Å². The number of ether oxygens (including phenoxy) is 1. The van der Waals surface area contributed by atoms with Gasteiger partial charge in [0.1, 0.15) is 5.75 Å². The lowest BCUT2D eigenvalue weighted by molar-refractivity contribution is -0.121. The standard InChI is InChI=1S/C19H18F2N4O3/c20-19(21)27-15-3-1-13(2-4-15)7-12-23-16(26)5-6-17-24-18(25-28-17)14-8-10-22-11-9-14/h1-4,8-11,19H,5-7,12H2,(H,23,26). The summed E-state index contributed by atoms with van der Waals surface area (Å²) in [4.78, 5) is 20.1. The fourth-order valence-corrected chi connectivity index (χ4v) is 2.47. The molecule has 0 unspecified atom stereocenters. The van der Waals surface area contributed by atoms with Gasteiger partial charge in [0.2, 0.25) is 17.6 Å². The third-order valence-corrected chi connectivity index (χ3v) is 3.86. The van der Waals surface area contributed by atoms with E-state index in [4.69, 9.17) is 4.52 Å². The van der Waals surface area contributed by atoms with Crippen LogP contribution >= 0.6 is 0 Å². The lowest BCUT2D eigenvalue weighted by Crippen LogP contribution is -2.25. The van der Waals surface area contributed by atoms with Crippen LogP contribution in [0, 0.1) is 0 Å². The Hall–Kier alpha value is -3.36. The minimum Gasteiger partial charge on any atom is -0.435 e. The van der Waals surface area contributed by atoms with Gasteiger partial charge >= 0.3 is 6.61 Å². The average molecular weight is 388 g/mol. The highest BCUT2D eigenvalue weighted by molar-refractivity contribution is 5.76. The third-order valence-electron chi connectivity index (χ3n) is 3.86. The molecule has 0 spiro atoms. The predicted molar refractivity (Wildman–Crippen MR) is 95.6 cm³/mol. The Morgan fingerprint density at radius 1 is 1.11 bits per heavy atom. The molecular weight excluding hydrogens is 370 g/mol. The van der Waals surface area contributed by atoms with Gasteiger partial charge in [-0.25, -0.2) is 0 Å². The molecule has 146 valence electrons. The van der Waals surface area contributed by atoms with Crippen LogP contribution in [-0.2, 0) is 17.6 Å². The van der Waals surface area contributed by atoms with E-state index in [0.29, 0.717) is 31.1 Å². The second kappa shape index (κ2) is 9.54. The van der Waals surface area contributed by atoms with Crippen molar-refractivity contribution in [3.8, 4) is 17.1 Å². The SMILES string of the molecule is O=C(CCc1nc(-c2ccncc2)no1)NCCc1ccc(OC(F)F)cc1. The highest BCUT2D eigenvalue weighted by atomic mass is 19.3. The van der Waals surface area contributed by atoms with Crippen molar-refractivity contribution < 1.29 is 22.8 Å². The van der Waals surface area contributed by atoms with E-state index < -0.39 is 6.61 Å². The number of benzene rings is 1. The number of hydrogen-bond acceptors (Lipinski definition) is 6. The van der Waals surface area contributed by atoms with Crippen LogP contribution in [0.25, 0.3) is 11.4 Å². The number of pyridine rings is 1. The number of carbonyl (C=O) groups is 1. The number of carbonyl (C=O) groups excluding carboxylic acids is 1. The van der Waals surface area contributed by atoms with Gasteiger partial charge in [-0.1, -0.05) is 17.3 Å². The number of aryl methyl sites for hydroxylation is 1. The summed E-state index contributed by atoms with van der Waals surface area (Å²) in [6, 6.07) is 9.85. The molecule has 2 aromatic heterocycles. The van der Waals surface area contributed by atoms with E-state index in [1.807, 2.05) is 0 Å². The number of hydrogen-bond donors (Lipinski definition) is 1. The fraction of sp³-hybridized carbons (Fsp3) is 0.263. The van der Waals surface area contributed by atoms with Gasteiger partial charge in [-0.3, -0.25) is 9.78 Å². The third kappa shape index (κ3) is 5.83. The summed E-state index contributed by atoms with van der Waals surface area (Å²) in [5, 5.41) is 6.69. The highest BCUT2D eigenvalue weighted by Crippen LogP contribution is 2.16. The molecule has 0 atom stereocenters. The number of nitrogens with zero attached hydrogens (tertiary/aromatic N) is 3. The summed E-state index contributed by atoms with van der Waals surface area (Å²) in [6.07, 6.45) is 4.41. The number of halogens is 2. The number of aromatic nitrogens is 3. The van der Waals surface area contributed by atoms with E-state index in [0.717, 1.165) is 11.1 Å². The van der Waals surface area contributed by atoms with E-state index in [9.17, 15) is 13.6 Å². The maximum atomic E-state index is 12.1. The quantitative estimate of drug-likeness (QED) is 0.606. The molecule has 28 heavy (non-hydrogen) atoms. The van der Waals surface area contributed by atoms with Gasteiger partial charge < -0.3 is 14.6 Å². The Bertz CT molecular complexity index is 886. The van der Waals surface area contributed by atoms with Crippen LogP contribution in [0.1, 0.15) is 17.9 Å². The predicted octanol–water partition coefficient (Wildman–Crippen LogP) is 3.02. The highest BCUT2D eigenvalue weighted by Gasteiger charge is 2.10. The minimum absolute atomic E-state index is 0.105. The monoisotopic (exact) mass is 388 g/mol. The molecule has 0 aliphatic heterocycles. The van der Waals surface area contributed by atoms with Crippen molar-refractivity contribution in [3.63, 3.8) is 0 Å². The summed E-state index contributed by atoms with van der Waals surface area (Å²) < 4.78 is 33.7. The van der Waals surface area contributed by atoms with Crippen molar-refractivity contribution in [3.05, 3.63) is 60.2 Å². The lowest BCUT2D eigenvalue weighted by atomic mass is 10.1. The van der Waals surface area contributed by atoms with Crippen molar-refractivity contribution in [2.45, 2.75) is 25.9 Å². The molecule has 0 saturated carbocycles. The Labute approximate surface area is 159 Å².